The molecule has 192 valence electrons. The number of unbranched alkanes of at least 4 members (excludes halogenated alkanes) is 3. The van der Waals surface area contributed by atoms with E-state index in [0.29, 0.717) is 16.6 Å². The van der Waals surface area contributed by atoms with Gasteiger partial charge in [0.15, 0.2) is 0 Å². The fourth-order valence-corrected chi connectivity index (χ4v) is 4.57. The number of para-hydroxylation sites is 1. The van der Waals surface area contributed by atoms with Crippen molar-refractivity contribution in [2.45, 2.75) is 32.6 Å². The second-order valence-electron chi connectivity index (χ2n) is 9.26. The Hall–Kier alpha value is -4.07. The van der Waals surface area contributed by atoms with Gasteiger partial charge in [0.2, 0.25) is 0 Å². The van der Waals surface area contributed by atoms with E-state index in [1.54, 1.807) is 12.1 Å². The number of aromatic nitrogens is 3. The van der Waals surface area contributed by atoms with Crippen LogP contribution < -0.4 is 19.4 Å². The van der Waals surface area contributed by atoms with Gasteiger partial charge >= 0.3 is 5.97 Å². The van der Waals surface area contributed by atoms with E-state index in [-0.39, 0.29) is 0 Å². The van der Waals surface area contributed by atoms with E-state index in [1.807, 2.05) is 42.5 Å². The van der Waals surface area contributed by atoms with E-state index in [4.69, 9.17) is 9.57 Å². The molecule has 0 atom stereocenters. The summed E-state index contributed by atoms with van der Waals surface area (Å²) in [7, 11) is 0. The molecule has 1 fully saturated rings. The van der Waals surface area contributed by atoms with Gasteiger partial charge in [-0.25, -0.2) is 4.79 Å². The number of rotatable bonds is 10. The van der Waals surface area contributed by atoms with Crippen LogP contribution in [0.1, 0.15) is 43.0 Å². The molecule has 37 heavy (non-hydrogen) atoms. The maximum atomic E-state index is 12.6. The standard InChI is InChI=1S/C29H33N5O3/c1-2-3-4-7-21-36-26-10-8-9-25(22-26)33-19-17-32(18-20-33)24-15-13-23(14-16-24)29(35)37-34-28-12-6-5-11-27(28)30-31-34/h5-6,8-16,22H,2-4,7,17-21H2,1H3. The third-order valence-corrected chi connectivity index (χ3v) is 6.69. The lowest BCUT2D eigenvalue weighted by Gasteiger charge is -2.37. The summed E-state index contributed by atoms with van der Waals surface area (Å²) in [6.45, 7) is 6.63. The molecular formula is C29H33N5O3. The van der Waals surface area contributed by atoms with Crippen molar-refractivity contribution in [3.05, 3.63) is 78.4 Å². The molecule has 4 aromatic rings. The number of carbonyl (C=O) groups excluding carboxylic acids is 1. The third kappa shape index (κ3) is 6.02. The Morgan fingerprint density at radius 2 is 1.59 bits per heavy atom. The summed E-state index contributed by atoms with van der Waals surface area (Å²) < 4.78 is 5.98. The Kier molecular flexibility index (Phi) is 7.84. The van der Waals surface area contributed by atoms with Gasteiger partial charge in [-0.05, 0) is 60.2 Å². The first-order valence-electron chi connectivity index (χ1n) is 13.1. The highest BCUT2D eigenvalue weighted by Crippen LogP contribution is 2.25. The number of hydrogen-bond donors (Lipinski definition) is 0. The number of fused-ring (bicyclic) bond motifs is 1. The number of hydrogen-bond acceptors (Lipinski definition) is 7. The van der Waals surface area contributed by atoms with Crippen molar-refractivity contribution in [1.29, 1.82) is 0 Å². The summed E-state index contributed by atoms with van der Waals surface area (Å²) >= 11 is 0. The zero-order valence-corrected chi connectivity index (χ0v) is 21.3. The van der Waals surface area contributed by atoms with Gasteiger partial charge in [-0.1, -0.05) is 49.2 Å². The minimum Gasteiger partial charge on any atom is -0.494 e. The quantitative estimate of drug-likeness (QED) is 0.225. The van der Waals surface area contributed by atoms with E-state index in [9.17, 15) is 4.79 Å². The second kappa shape index (κ2) is 11.8. The zero-order valence-electron chi connectivity index (χ0n) is 21.3. The molecule has 0 amide bonds. The lowest BCUT2D eigenvalue weighted by Crippen LogP contribution is -2.46. The average Bonchev–Trinajstić information content (AvgIpc) is 3.36. The van der Waals surface area contributed by atoms with Gasteiger partial charge in [0, 0.05) is 43.6 Å². The molecule has 0 N–H and O–H groups in total. The normalized spacial score (nSPS) is 13.6. The predicted molar refractivity (Wildman–Crippen MR) is 145 cm³/mol. The summed E-state index contributed by atoms with van der Waals surface area (Å²) in [4.78, 5) is 24.0. The predicted octanol–water partition coefficient (Wildman–Crippen LogP) is 4.99. The molecule has 8 heteroatoms. The first-order chi connectivity index (χ1) is 18.2. The van der Waals surface area contributed by atoms with Crippen molar-refractivity contribution in [2.24, 2.45) is 0 Å². The molecule has 8 nitrogen and oxygen atoms in total. The number of anilines is 2. The topological polar surface area (TPSA) is 72.7 Å². The highest BCUT2D eigenvalue weighted by atomic mass is 16.7. The summed E-state index contributed by atoms with van der Waals surface area (Å²) in [5, 5.41) is 7.93. The van der Waals surface area contributed by atoms with E-state index in [0.717, 1.165) is 55.5 Å². The molecule has 0 aliphatic carbocycles. The van der Waals surface area contributed by atoms with Crippen LogP contribution in [0.15, 0.2) is 72.8 Å². The summed E-state index contributed by atoms with van der Waals surface area (Å²) in [5.74, 6) is 0.470. The van der Waals surface area contributed by atoms with Crippen LogP contribution in [0.4, 0.5) is 11.4 Å². The van der Waals surface area contributed by atoms with Gasteiger partial charge in [-0.15, -0.1) is 5.10 Å². The van der Waals surface area contributed by atoms with Crippen molar-refractivity contribution < 1.29 is 14.4 Å². The Morgan fingerprint density at radius 1 is 0.838 bits per heavy atom. The van der Waals surface area contributed by atoms with Gasteiger partial charge in [-0.3, -0.25) is 0 Å². The van der Waals surface area contributed by atoms with Gasteiger partial charge < -0.3 is 19.4 Å². The van der Waals surface area contributed by atoms with Crippen LogP contribution in [0.5, 0.6) is 5.75 Å². The first-order valence-corrected chi connectivity index (χ1v) is 13.1. The fraction of sp³-hybridized carbons (Fsp3) is 0.345. The third-order valence-electron chi connectivity index (χ3n) is 6.69. The molecule has 0 spiro atoms. The van der Waals surface area contributed by atoms with Gasteiger partial charge in [0.25, 0.3) is 0 Å². The molecule has 0 radical (unpaired) electrons. The average molecular weight is 500 g/mol. The Morgan fingerprint density at radius 3 is 2.38 bits per heavy atom. The molecule has 0 saturated carbocycles. The minimum atomic E-state index is -0.473. The second-order valence-corrected chi connectivity index (χ2v) is 9.26. The van der Waals surface area contributed by atoms with Gasteiger partial charge in [-0.2, -0.15) is 0 Å². The van der Waals surface area contributed by atoms with Crippen LogP contribution in [-0.2, 0) is 0 Å². The molecule has 1 aromatic heterocycles. The van der Waals surface area contributed by atoms with Crippen LogP contribution in [0.3, 0.4) is 0 Å². The maximum Gasteiger partial charge on any atom is 0.365 e. The molecule has 2 heterocycles. The Balaban J connectivity index is 1.13. The van der Waals surface area contributed by atoms with E-state index >= 15 is 0 Å². The van der Waals surface area contributed by atoms with Crippen LogP contribution in [-0.4, -0.2) is 53.9 Å². The Labute approximate surface area is 217 Å². The SMILES string of the molecule is CCCCCCOc1cccc(N2CCN(c3ccc(C(=O)On4nnc5ccccc54)cc3)CC2)c1. The van der Waals surface area contributed by atoms with Crippen molar-refractivity contribution >= 4 is 28.4 Å². The lowest BCUT2D eigenvalue weighted by atomic mass is 10.1. The molecular weight excluding hydrogens is 466 g/mol. The molecule has 1 aliphatic rings. The van der Waals surface area contributed by atoms with Crippen LogP contribution in [0.25, 0.3) is 11.0 Å². The largest absolute Gasteiger partial charge is 0.494 e. The molecule has 5 rings (SSSR count). The fourth-order valence-electron chi connectivity index (χ4n) is 4.57. The number of piperazine rings is 1. The first kappa shape index (κ1) is 24.6. The van der Waals surface area contributed by atoms with Gasteiger partial charge in [0.1, 0.15) is 16.8 Å². The van der Waals surface area contributed by atoms with Gasteiger partial charge in [0.05, 0.1) is 12.2 Å². The summed E-state index contributed by atoms with van der Waals surface area (Å²) in [6.07, 6.45) is 4.82. The number of benzene rings is 3. The molecule has 0 unspecified atom stereocenters. The molecule has 1 saturated heterocycles. The highest BCUT2D eigenvalue weighted by molar-refractivity contribution is 5.90. The van der Waals surface area contributed by atoms with Crippen LogP contribution >= 0.6 is 0 Å². The van der Waals surface area contributed by atoms with Crippen molar-refractivity contribution in [3.8, 4) is 5.75 Å². The molecule has 3 aromatic carbocycles. The summed E-state index contributed by atoms with van der Waals surface area (Å²) in [5.41, 5.74) is 4.07. The number of carbonyl (C=O) groups is 1. The van der Waals surface area contributed by atoms with E-state index < -0.39 is 5.97 Å². The number of ether oxygens (including phenoxy) is 1. The van der Waals surface area contributed by atoms with Crippen molar-refractivity contribution in [2.75, 3.05) is 42.6 Å². The molecule has 1 aliphatic heterocycles. The van der Waals surface area contributed by atoms with Crippen LogP contribution in [0.2, 0.25) is 0 Å². The zero-order chi connectivity index (χ0) is 25.5. The van der Waals surface area contributed by atoms with E-state index in [2.05, 4.69) is 45.2 Å². The highest BCUT2D eigenvalue weighted by Gasteiger charge is 2.19. The Bertz CT molecular complexity index is 1310. The van der Waals surface area contributed by atoms with Crippen LogP contribution in [0, 0.1) is 0 Å². The molecule has 0 bridgehead atoms. The minimum absolute atomic E-state index is 0.466. The smallest absolute Gasteiger partial charge is 0.365 e. The van der Waals surface area contributed by atoms with E-state index in [1.165, 1.54) is 24.9 Å². The van der Waals surface area contributed by atoms with Crippen molar-refractivity contribution in [3.63, 3.8) is 0 Å². The lowest BCUT2D eigenvalue weighted by molar-refractivity contribution is 0.0409. The monoisotopic (exact) mass is 499 g/mol. The van der Waals surface area contributed by atoms with Crippen molar-refractivity contribution in [1.82, 2.24) is 15.2 Å². The summed E-state index contributed by atoms with van der Waals surface area (Å²) in [6, 6.07) is 23.3. The number of nitrogens with zero attached hydrogens (tertiary/aromatic N) is 5. The maximum absolute atomic E-state index is 12.6.